The Morgan fingerprint density at radius 2 is 2.00 bits per heavy atom. The predicted octanol–water partition coefficient (Wildman–Crippen LogP) is 3.72. The minimum absolute atomic E-state index is 0.149. The number of likely N-dealkylation sites (N-methyl/N-ethyl adjacent to an activating group) is 1. The molecular weight excluding hydrogens is 288 g/mol. The first kappa shape index (κ1) is 11.9. The number of fused-ring (bicyclic) bond motifs is 1. The lowest BCUT2D eigenvalue weighted by Crippen LogP contribution is -2.35. The highest BCUT2D eigenvalue weighted by molar-refractivity contribution is 9.10. The second kappa shape index (κ2) is 4.82. The highest BCUT2D eigenvalue weighted by Crippen LogP contribution is 2.33. The minimum Gasteiger partial charge on any atom is -0.266 e. The van der Waals surface area contributed by atoms with Crippen LogP contribution in [0.4, 0.5) is 0 Å². The Bertz CT molecular complexity index is 528. The molecule has 0 radical (unpaired) electrons. The van der Waals surface area contributed by atoms with Crippen LogP contribution in [0.2, 0.25) is 0 Å². The third-order valence-electron chi connectivity index (χ3n) is 3.45. The molecule has 1 aliphatic heterocycles. The molecule has 2 aliphatic rings. The van der Waals surface area contributed by atoms with E-state index in [1.165, 1.54) is 11.3 Å². The van der Waals surface area contributed by atoms with Crippen molar-refractivity contribution in [3.05, 3.63) is 58.6 Å². The van der Waals surface area contributed by atoms with Gasteiger partial charge >= 0.3 is 0 Å². The molecule has 3 heteroatoms. The predicted molar refractivity (Wildman–Crippen MR) is 78.8 cm³/mol. The number of benzene rings is 1. The Morgan fingerprint density at radius 3 is 2.72 bits per heavy atom. The smallest absolute Gasteiger partial charge is 0.129 e. The van der Waals surface area contributed by atoms with E-state index in [1.54, 1.807) is 0 Å². The first-order valence-electron chi connectivity index (χ1n) is 6.23. The summed E-state index contributed by atoms with van der Waals surface area (Å²) in [7, 11) is 0. The zero-order valence-electron chi connectivity index (χ0n) is 10.3. The van der Waals surface area contributed by atoms with Crippen molar-refractivity contribution in [2.45, 2.75) is 19.1 Å². The average molecular weight is 303 g/mol. The van der Waals surface area contributed by atoms with Gasteiger partial charge in [-0.15, -0.1) is 0 Å². The molecule has 0 saturated carbocycles. The molecule has 0 spiro atoms. The van der Waals surface area contributed by atoms with Crippen LogP contribution in [0.25, 0.3) is 0 Å². The van der Waals surface area contributed by atoms with Crippen molar-refractivity contribution < 1.29 is 0 Å². The zero-order valence-corrected chi connectivity index (χ0v) is 11.8. The second-order valence-electron chi connectivity index (χ2n) is 4.50. The van der Waals surface area contributed by atoms with Crippen LogP contribution in [0, 0.1) is 0 Å². The van der Waals surface area contributed by atoms with Gasteiger partial charge in [-0.1, -0.05) is 53.2 Å². The number of allylic oxidation sites excluding steroid dienone is 2. The van der Waals surface area contributed by atoms with Crippen molar-refractivity contribution in [1.82, 2.24) is 4.90 Å². The van der Waals surface area contributed by atoms with E-state index < -0.39 is 0 Å². The van der Waals surface area contributed by atoms with E-state index in [1.807, 2.05) is 0 Å². The van der Waals surface area contributed by atoms with Crippen molar-refractivity contribution in [2.24, 2.45) is 4.99 Å². The van der Waals surface area contributed by atoms with Gasteiger partial charge in [0.2, 0.25) is 0 Å². The zero-order chi connectivity index (χ0) is 12.5. The number of aliphatic imine (C=N–C) groups is 1. The normalized spacial score (nSPS) is 26.2. The Kier molecular flexibility index (Phi) is 3.18. The maximum absolute atomic E-state index is 4.85. The van der Waals surface area contributed by atoms with Gasteiger partial charge in [-0.25, -0.2) is 0 Å². The Hall–Kier alpha value is -1.19. The third kappa shape index (κ3) is 1.98. The van der Waals surface area contributed by atoms with E-state index >= 15 is 0 Å². The van der Waals surface area contributed by atoms with Gasteiger partial charge in [0.25, 0.3) is 0 Å². The number of hydrogen-bond acceptors (Lipinski definition) is 2. The first-order valence-corrected chi connectivity index (χ1v) is 7.02. The molecule has 0 saturated heterocycles. The van der Waals surface area contributed by atoms with Gasteiger partial charge in [-0.3, -0.25) is 9.89 Å². The lowest BCUT2D eigenvalue weighted by Gasteiger charge is -2.27. The summed E-state index contributed by atoms with van der Waals surface area (Å²) in [5, 5.41) is 0. The van der Waals surface area contributed by atoms with Gasteiger partial charge in [0.1, 0.15) is 6.17 Å². The highest BCUT2D eigenvalue weighted by atomic mass is 79.9. The molecule has 18 heavy (non-hydrogen) atoms. The molecule has 1 aliphatic carbocycles. The van der Waals surface area contributed by atoms with Crippen LogP contribution in [0.3, 0.4) is 0 Å². The van der Waals surface area contributed by atoms with Crippen LogP contribution >= 0.6 is 15.9 Å². The van der Waals surface area contributed by atoms with Crippen molar-refractivity contribution in [3.8, 4) is 0 Å². The summed E-state index contributed by atoms with van der Waals surface area (Å²) >= 11 is 3.48. The summed E-state index contributed by atoms with van der Waals surface area (Å²) in [5.41, 5.74) is 2.43. The summed E-state index contributed by atoms with van der Waals surface area (Å²) < 4.78 is 1.11. The maximum atomic E-state index is 4.85. The summed E-state index contributed by atoms with van der Waals surface area (Å²) in [6, 6.07) is 8.79. The third-order valence-corrected chi connectivity index (χ3v) is 3.98. The lowest BCUT2D eigenvalue weighted by molar-refractivity contribution is 0.233. The van der Waals surface area contributed by atoms with E-state index in [9.17, 15) is 0 Å². The highest BCUT2D eigenvalue weighted by Gasteiger charge is 2.33. The van der Waals surface area contributed by atoms with Gasteiger partial charge in [0, 0.05) is 4.47 Å². The summed E-state index contributed by atoms with van der Waals surface area (Å²) in [4.78, 5) is 7.27. The van der Waals surface area contributed by atoms with Crippen LogP contribution in [0.15, 0.2) is 58.0 Å². The van der Waals surface area contributed by atoms with Crippen LogP contribution in [0.1, 0.15) is 18.7 Å². The number of halogens is 1. The second-order valence-corrected chi connectivity index (χ2v) is 5.41. The molecule has 2 unspecified atom stereocenters. The topological polar surface area (TPSA) is 15.6 Å². The van der Waals surface area contributed by atoms with E-state index in [2.05, 4.69) is 76.3 Å². The molecule has 1 aromatic carbocycles. The fourth-order valence-electron chi connectivity index (χ4n) is 2.56. The molecule has 1 heterocycles. The Morgan fingerprint density at radius 1 is 1.22 bits per heavy atom. The molecule has 0 bridgehead atoms. The van der Waals surface area contributed by atoms with E-state index in [0.717, 1.165) is 11.0 Å². The number of rotatable bonds is 2. The Labute approximate surface area is 116 Å². The summed E-state index contributed by atoms with van der Waals surface area (Å²) in [6.07, 6.45) is 8.66. The molecule has 0 aromatic heterocycles. The first-order chi connectivity index (χ1) is 8.79. The van der Waals surface area contributed by atoms with E-state index in [0.29, 0.717) is 6.04 Å². The molecule has 0 amide bonds. The fraction of sp³-hybridized carbons (Fsp3) is 0.267. The van der Waals surface area contributed by atoms with Gasteiger partial charge in [0.05, 0.1) is 11.8 Å². The van der Waals surface area contributed by atoms with Crippen LogP contribution in [0.5, 0.6) is 0 Å². The summed E-state index contributed by atoms with van der Waals surface area (Å²) in [6.45, 7) is 3.19. The molecule has 2 atom stereocenters. The molecule has 0 N–H and O–H groups in total. The van der Waals surface area contributed by atoms with Crippen molar-refractivity contribution in [1.29, 1.82) is 0 Å². The maximum Gasteiger partial charge on any atom is 0.129 e. The van der Waals surface area contributed by atoms with Gasteiger partial charge in [-0.2, -0.15) is 0 Å². The van der Waals surface area contributed by atoms with E-state index in [4.69, 9.17) is 4.99 Å². The lowest BCUT2D eigenvalue weighted by atomic mass is 10.1. The molecule has 2 nitrogen and oxygen atoms in total. The van der Waals surface area contributed by atoms with Crippen molar-refractivity contribution >= 4 is 21.6 Å². The van der Waals surface area contributed by atoms with Crippen molar-refractivity contribution in [3.63, 3.8) is 0 Å². The number of hydrogen-bond donors (Lipinski definition) is 0. The minimum atomic E-state index is 0.149. The molecular formula is C15H15BrN2. The van der Waals surface area contributed by atoms with Gasteiger partial charge < -0.3 is 0 Å². The average Bonchev–Trinajstić information content (AvgIpc) is 2.78. The fourth-order valence-corrected chi connectivity index (χ4v) is 2.82. The van der Waals surface area contributed by atoms with Crippen molar-refractivity contribution in [2.75, 3.05) is 6.54 Å². The number of nitrogens with zero attached hydrogens (tertiary/aromatic N) is 2. The standard InChI is InChI=1S/C15H15BrN2/c1-2-18-14-6-4-3-5-13(14)17-15(18)11-7-9-12(16)10-8-11/h3-10,14-15H,2H2,1H3. The van der Waals surface area contributed by atoms with Gasteiger partial charge in [-0.05, 0) is 30.3 Å². The quantitative estimate of drug-likeness (QED) is 0.813. The molecule has 1 aromatic rings. The SMILES string of the molecule is CCN1C2C=CC=CC2=NC1c1ccc(Br)cc1. The van der Waals surface area contributed by atoms with Crippen LogP contribution in [-0.4, -0.2) is 23.2 Å². The van der Waals surface area contributed by atoms with Crippen LogP contribution in [-0.2, 0) is 0 Å². The summed E-state index contributed by atoms with van der Waals surface area (Å²) in [5.74, 6) is 0. The molecule has 3 rings (SSSR count). The monoisotopic (exact) mass is 302 g/mol. The molecule has 92 valence electrons. The van der Waals surface area contributed by atoms with Crippen LogP contribution < -0.4 is 0 Å². The largest absolute Gasteiger partial charge is 0.266 e. The van der Waals surface area contributed by atoms with Gasteiger partial charge in [0.15, 0.2) is 0 Å². The molecule has 0 fully saturated rings. The van der Waals surface area contributed by atoms with E-state index in [-0.39, 0.29) is 6.17 Å². The Balaban J connectivity index is 1.96.